The summed E-state index contributed by atoms with van der Waals surface area (Å²) in [5, 5.41) is 5.09. The SMILES string of the molecule is COc1ccc(-n2nc(C(C)(C)C)c3c2N(CC(=O)N2CCC(C)CC2)C(=O)CS[C@@H]3c2cccc(C)c2)cc1. The van der Waals surface area contributed by atoms with Crippen LogP contribution in [-0.4, -0.2) is 59.0 Å². The molecule has 0 spiro atoms. The number of anilines is 1. The zero-order valence-corrected chi connectivity index (χ0v) is 25.3. The molecule has 2 amide bonds. The maximum absolute atomic E-state index is 13.9. The second-order valence-corrected chi connectivity index (χ2v) is 13.2. The number of aryl methyl sites for hydroxylation is 1. The van der Waals surface area contributed by atoms with Crippen molar-refractivity contribution in [2.45, 2.75) is 58.1 Å². The third-order valence-electron chi connectivity index (χ3n) is 7.89. The van der Waals surface area contributed by atoms with Crippen LogP contribution in [0.3, 0.4) is 0 Å². The van der Waals surface area contributed by atoms with Crippen molar-refractivity contribution in [3.8, 4) is 11.4 Å². The summed E-state index contributed by atoms with van der Waals surface area (Å²) in [4.78, 5) is 31.2. The number of carbonyl (C=O) groups is 2. The van der Waals surface area contributed by atoms with Gasteiger partial charge in [0.15, 0.2) is 0 Å². The van der Waals surface area contributed by atoms with Gasteiger partial charge >= 0.3 is 0 Å². The Balaban J connectivity index is 1.70. The van der Waals surface area contributed by atoms with Gasteiger partial charge in [0.05, 0.1) is 29.5 Å². The van der Waals surface area contributed by atoms with Crippen LogP contribution in [0.2, 0.25) is 0 Å². The lowest BCUT2D eigenvalue weighted by Crippen LogP contribution is -2.46. The lowest BCUT2D eigenvalue weighted by molar-refractivity contribution is -0.132. The molecule has 2 aromatic carbocycles. The number of ether oxygens (including phenoxy) is 1. The minimum absolute atomic E-state index is 0.00669. The van der Waals surface area contributed by atoms with Crippen molar-refractivity contribution in [3.05, 3.63) is 70.9 Å². The first-order valence-corrected chi connectivity index (χ1v) is 15.2. The van der Waals surface area contributed by atoms with Crippen molar-refractivity contribution in [1.82, 2.24) is 14.7 Å². The normalized spacial score (nSPS) is 18.4. The van der Waals surface area contributed by atoms with Crippen molar-refractivity contribution >= 4 is 29.4 Å². The van der Waals surface area contributed by atoms with Gasteiger partial charge < -0.3 is 9.64 Å². The maximum atomic E-state index is 13.9. The first kappa shape index (κ1) is 28.3. The number of methoxy groups -OCH3 is 1. The number of carbonyl (C=O) groups excluding carboxylic acids is 2. The van der Waals surface area contributed by atoms with Crippen LogP contribution in [0.25, 0.3) is 5.69 Å². The van der Waals surface area contributed by atoms with Crippen LogP contribution in [0.5, 0.6) is 5.75 Å². The van der Waals surface area contributed by atoms with Gasteiger partial charge in [0.1, 0.15) is 18.1 Å². The highest BCUT2D eigenvalue weighted by atomic mass is 32.2. The Bertz CT molecular complexity index is 1380. The minimum Gasteiger partial charge on any atom is -0.497 e. The molecule has 8 heteroatoms. The van der Waals surface area contributed by atoms with E-state index < -0.39 is 0 Å². The molecule has 2 aliphatic rings. The molecule has 3 aromatic rings. The smallest absolute Gasteiger partial charge is 0.242 e. The predicted molar refractivity (Wildman–Crippen MR) is 162 cm³/mol. The molecule has 212 valence electrons. The highest BCUT2D eigenvalue weighted by Crippen LogP contribution is 2.48. The summed E-state index contributed by atoms with van der Waals surface area (Å²) in [6, 6.07) is 16.2. The fourth-order valence-electron chi connectivity index (χ4n) is 5.57. The molecule has 0 radical (unpaired) electrons. The zero-order chi connectivity index (χ0) is 28.6. The molecule has 1 saturated heterocycles. The Morgan fingerprint density at radius 3 is 2.42 bits per heavy atom. The number of hydrogen-bond acceptors (Lipinski definition) is 5. The monoisotopic (exact) mass is 560 g/mol. The van der Waals surface area contributed by atoms with Crippen molar-refractivity contribution in [2.24, 2.45) is 5.92 Å². The van der Waals surface area contributed by atoms with E-state index in [0.29, 0.717) is 11.7 Å². The minimum atomic E-state index is -0.295. The molecule has 0 aliphatic carbocycles. The third-order valence-corrected chi connectivity index (χ3v) is 9.15. The molecule has 1 fully saturated rings. The number of fused-ring (bicyclic) bond motifs is 1. The van der Waals surface area contributed by atoms with Crippen LogP contribution < -0.4 is 9.64 Å². The van der Waals surface area contributed by atoms with Gasteiger partial charge in [-0.2, -0.15) is 5.10 Å². The first-order valence-electron chi connectivity index (χ1n) is 14.1. The number of piperidine rings is 1. The quantitative estimate of drug-likeness (QED) is 0.388. The number of benzene rings is 2. The molecular formula is C32H40N4O3S. The summed E-state index contributed by atoms with van der Waals surface area (Å²) in [5.41, 5.74) is 4.76. The van der Waals surface area contributed by atoms with Gasteiger partial charge in [-0.3, -0.25) is 14.5 Å². The highest BCUT2D eigenvalue weighted by Gasteiger charge is 2.40. The fourth-order valence-corrected chi connectivity index (χ4v) is 6.75. The van der Waals surface area contributed by atoms with Gasteiger partial charge in [0.25, 0.3) is 0 Å². The van der Waals surface area contributed by atoms with E-state index in [1.165, 1.54) is 5.56 Å². The Kier molecular flexibility index (Phi) is 8.00. The number of rotatable bonds is 5. The molecule has 0 unspecified atom stereocenters. The van der Waals surface area contributed by atoms with Crippen LogP contribution >= 0.6 is 11.8 Å². The van der Waals surface area contributed by atoms with Crippen LogP contribution in [0, 0.1) is 12.8 Å². The molecular weight excluding hydrogens is 520 g/mol. The van der Waals surface area contributed by atoms with Crippen molar-refractivity contribution in [2.75, 3.05) is 37.4 Å². The molecule has 3 heterocycles. The number of nitrogens with zero attached hydrogens (tertiary/aromatic N) is 4. The van der Waals surface area contributed by atoms with Crippen molar-refractivity contribution < 1.29 is 14.3 Å². The third kappa shape index (κ3) is 5.64. The second-order valence-electron chi connectivity index (χ2n) is 12.1. The number of thioether (sulfide) groups is 1. The topological polar surface area (TPSA) is 67.7 Å². The molecule has 40 heavy (non-hydrogen) atoms. The lowest BCUT2D eigenvalue weighted by Gasteiger charge is -2.32. The summed E-state index contributed by atoms with van der Waals surface area (Å²) < 4.78 is 7.27. The van der Waals surface area contributed by atoms with Crippen LogP contribution in [0.1, 0.15) is 68.2 Å². The average Bonchev–Trinajstić information content (AvgIpc) is 3.26. The molecule has 0 bridgehead atoms. The number of amides is 2. The number of aromatic nitrogens is 2. The van der Waals surface area contributed by atoms with Gasteiger partial charge in [0.2, 0.25) is 11.8 Å². The Labute approximate surface area is 241 Å². The molecule has 2 aliphatic heterocycles. The van der Waals surface area contributed by atoms with Gasteiger partial charge in [-0.25, -0.2) is 4.68 Å². The largest absolute Gasteiger partial charge is 0.497 e. The summed E-state index contributed by atoms with van der Waals surface area (Å²) >= 11 is 1.62. The van der Waals surface area contributed by atoms with Crippen LogP contribution in [0.15, 0.2) is 48.5 Å². The van der Waals surface area contributed by atoms with E-state index in [1.54, 1.807) is 23.8 Å². The van der Waals surface area contributed by atoms with E-state index in [1.807, 2.05) is 33.8 Å². The van der Waals surface area contributed by atoms with Crippen LogP contribution in [0.4, 0.5) is 5.82 Å². The van der Waals surface area contributed by atoms with E-state index >= 15 is 0 Å². The van der Waals surface area contributed by atoms with Crippen molar-refractivity contribution in [1.29, 1.82) is 0 Å². The summed E-state index contributed by atoms with van der Waals surface area (Å²) in [7, 11) is 1.64. The Morgan fingerprint density at radius 2 is 1.80 bits per heavy atom. The van der Waals surface area contributed by atoms with Crippen molar-refractivity contribution in [3.63, 3.8) is 0 Å². The van der Waals surface area contributed by atoms with E-state index in [9.17, 15) is 9.59 Å². The second kappa shape index (κ2) is 11.3. The zero-order valence-electron chi connectivity index (χ0n) is 24.4. The lowest BCUT2D eigenvalue weighted by atomic mass is 9.87. The van der Waals surface area contributed by atoms with Gasteiger partial charge in [-0.05, 0) is 55.5 Å². The van der Waals surface area contributed by atoms with E-state index in [2.05, 4.69) is 58.9 Å². The van der Waals surface area contributed by atoms with Gasteiger partial charge in [0, 0.05) is 24.1 Å². The Hall–Kier alpha value is -3.26. The standard InChI is InChI=1S/C32H40N4O3S/c1-21-14-16-34(17-15-21)26(37)19-35-27(38)20-40-29(23-9-7-8-22(2)18-23)28-30(32(3,4)5)33-36(31(28)35)24-10-12-25(39-6)13-11-24/h7-13,18,21,29H,14-17,19-20H2,1-6H3/t29-/m1/s1. The molecule has 7 nitrogen and oxygen atoms in total. The van der Waals surface area contributed by atoms with Gasteiger partial charge in [-0.15, -0.1) is 11.8 Å². The van der Waals surface area contributed by atoms with Gasteiger partial charge in [-0.1, -0.05) is 57.5 Å². The summed E-state index contributed by atoms with van der Waals surface area (Å²) in [6.45, 7) is 12.3. The van der Waals surface area contributed by atoms with E-state index in [4.69, 9.17) is 9.84 Å². The number of likely N-dealkylation sites (tertiary alicyclic amines) is 1. The van der Waals surface area contributed by atoms with E-state index in [0.717, 1.165) is 54.2 Å². The molecule has 0 saturated carbocycles. The van der Waals surface area contributed by atoms with E-state index in [-0.39, 0.29) is 34.8 Å². The predicted octanol–water partition coefficient (Wildman–Crippen LogP) is 5.91. The summed E-state index contributed by atoms with van der Waals surface area (Å²) in [5.74, 6) is 2.25. The van der Waals surface area contributed by atoms with Crippen LogP contribution in [-0.2, 0) is 15.0 Å². The molecule has 0 N–H and O–H groups in total. The number of hydrogen-bond donors (Lipinski definition) is 0. The summed E-state index contributed by atoms with van der Waals surface area (Å²) in [6.07, 6.45) is 1.99. The average molecular weight is 561 g/mol. The maximum Gasteiger partial charge on any atom is 0.242 e. The Morgan fingerprint density at radius 1 is 1.10 bits per heavy atom. The highest BCUT2D eigenvalue weighted by molar-refractivity contribution is 8.00. The molecule has 5 rings (SSSR count). The fraction of sp³-hybridized carbons (Fsp3) is 0.469. The molecule has 1 aromatic heterocycles. The first-order chi connectivity index (χ1) is 19.1. The molecule has 1 atom stereocenters.